The van der Waals surface area contributed by atoms with Crippen LogP contribution in [-0.2, 0) is 20.6 Å². The standard InChI is InChI=1S/C13H18Cl2FNO3S/c1-4-17(9(2)8-20-3)21(18,19)12-6-11(15)5-10(7-14)13(12)16/h5-6,9H,4,7-8H2,1-3H3. The first-order chi connectivity index (χ1) is 9.79. The van der Waals surface area contributed by atoms with Gasteiger partial charge in [-0.1, -0.05) is 18.5 Å². The van der Waals surface area contributed by atoms with Crippen molar-refractivity contribution in [2.24, 2.45) is 0 Å². The summed E-state index contributed by atoms with van der Waals surface area (Å²) in [5.74, 6) is -1.02. The van der Waals surface area contributed by atoms with E-state index in [-0.39, 0.29) is 29.6 Å². The summed E-state index contributed by atoms with van der Waals surface area (Å²) >= 11 is 11.5. The molecule has 120 valence electrons. The third kappa shape index (κ3) is 4.07. The normalized spacial score (nSPS) is 13.7. The van der Waals surface area contributed by atoms with E-state index >= 15 is 0 Å². The number of alkyl halides is 1. The van der Waals surface area contributed by atoms with Crippen molar-refractivity contribution in [2.75, 3.05) is 20.3 Å². The number of likely N-dealkylation sites (N-methyl/N-ethyl adjacent to an activating group) is 1. The van der Waals surface area contributed by atoms with Crippen LogP contribution in [0.15, 0.2) is 17.0 Å². The van der Waals surface area contributed by atoms with Gasteiger partial charge in [0.1, 0.15) is 10.7 Å². The lowest BCUT2D eigenvalue weighted by molar-refractivity contribution is 0.142. The minimum atomic E-state index is -4.02. The van der Waals surface area contributed by atoms with E-state index in [9.17, 15) is 12.8 Å². The van der Waals surface area contributed by atoms with E-state index in [1.807, 2.05) is 0 Å². The number of hydrogen-bond acceptors (Lipinski definition) is 3. The number of rotatable bonds is 7. The van der Waals surface area contributed by atoms with Crippen LogP contribution >= 0.6 is 23.2 Å². The fraction of sp³-hybridized carbons (Fsp3) is 0.538. The van der Waals surface area contributed by atoms with Crippen LogP contribution in [0.1, 0.15) is 19.4 Å². The monoisotopic (exact) mass is 357 g/mol. The van der Waals surface area contributed by atoms with Crippen molar-refractivity contribution in [1.29, 1.82) is 0 Å². The largest absolute Gasteiger partial charge is 0.383 e. The lowest BCUT2D eigenvalue weighted by atomic mass is 10.2. The highest BCUT2D eigenvalue weighted by Gasteiger charge is 2.31. The maximum atomic E-state index is 14.3. The van der Waals surface area contributed by atoms with Gasteiger partial charge in [0.25, 0.3) is 0 Å². The molecule has 0 aliphatic rings. The summed E-state index contributed by atoms with van der Waals surface area (Å²) in [4.78, 5) is -0.463. The van der Waals surface area contributed by atoms with Crippen molar-refractivity contribution in [3.8, 4) is 0 Å². The molecular weight excluding hydrogens is 340 g/mol. The molecule has 0 aliphatic carbocycles. The zero-order valence-electron chi connectivity index (χ0n) is 12.1. The number of halogens is 3. The second-order valence-electron chi connectivity index (χ2n) is 4.52. The van der Waals surface area contributed by atoms with Crippen LogP contribution in [0.25, 0.3) is 0 Å². The van der Waals surface area contributed by atoms with Crippen molar-refractivity contribution in [3.63, 3.8) is 0 Å². The molecule has 1 rings (SSSR count). The van der Waals surface area contributed by atoms with Crippen molar-refractivity contribution in [1.82, 2.24) is 4.31 Å². The van der Waals surface area contributed by atoms with Gasteiger partial charge in [0, 0.05) is 30.3 Å². The Balaban J connectivity index is 3.39. The average molecular weight is 358 g/mol. The predicted octanol–water partition coefficient (Wildman–Crippen LogP) is 3.26. The molecule has 0 saturated carbocycles. The molecule has 21 heavy (non-hydrogen) atoms. The molecule has 0 amide bonds. The summed E-state index contributed by atoms with van der Waals surface area (Å²) < 4.78 is 45.8. The number of benzene rings is 1. The molecule has 0 bridgehead atoms. The van der Waals surface area contributed by atoms with Crippen molar-refractivity contribution in [2.45, 2.75) is 30.7 Å². The molecule has 0 fully saturated rings. The van der Waals surface area contributed by atoms with E-state index in [0.29, 0.717) is 0 Å². The fourth-order valence-corrected chi connectivity index (χ4v) is 4.33. The molecule has 1 atom stereocenters. The Kier molecular flexibility index (Phi) is 6.87. The van der Waals surface area contributed by atoms with Gasteiger partial charge >= 0.3 is 0 Å². The molecule has 1 unspecified atom stereocenters. The van der Waals surface area contributed by atoms with Crippen molar-refractivity contribution in [3.05, 3.63) is 28.5 Å². The van der Waals surface area contributed by atoms with Gasteiger partial charge in [-0.2, -0.15) is 4.31 Å². The average Bonchev–Trinajstić information content (AvgIpc) is 2.41. The highest BCUT2D eigenvalue weighted by atomic mass is 35.5. The summed E-state index contributed by atoms with van der Waals surface area (Å²) in [7, 11) is -2.55. The molecule has 0 heterocycles. The van der Waals surface area contributed by atoms with Crippen LogP contribution in [0.4, 0.5) is 4.39 Å². The van der Waals surface area contributed by atoms with E-state index in [0.717, 1.165) is 6.07 Å². The quantitative estimate of drug-likeness (QED) is 0.703. The maximum absolute atomic E-state index is 14.3. The molecule has 0 N–H and O–H groups in total. The summed E-state index contributed by atoms with van der Waals surface area (Å²) in [5.41, 5.74) is 0.0539. The predicted molar refractivity (Wildman–Crippen MR) is 81.9 cm³/mol. The molecule has 0 aromatic heterocycles. The van der Waals surface area contributed by atoms with Gasteiger partial charge in [0.2, 0.25) is 10.0 Å². The third-order valence-electron chi connectivity index (χ3n) is 3.02. The zero-order chi connectivity index (χ0) is 16.2. The zero-order valence-corrected chi connectivity index (χ0v) is 14.4. The van der Waals surface area contributed by atoms with E-state index < -0.39 is 26.8 Å². The molecule has 0 spiro atoms. The number of methoxy groups -OCH3 is 1. The van der Waals surface area contributed by atoms with Gasteiger partial charge in [-0.05, 0) is 19.1 Å². The van der Waals surface area contributed by atoms with E-state index in [2.05, 4.69) is 0 Å². The molecular formula is C13H18Cl2FNO3S. The third-order valence-corrected chi connectivity index (χ3v) is 5.62. The number of hydrogen-bond donors (Lipinski definition) is 0. The molecule has 0 radical (unpaired) electrons. The molecule has 4 nitrogen and oxygen atoms in total. The number of sulfonamides is 1. The molecule has 1 aromatic carbocycles. The first-order valence-electron chi connectivity index (χ1n) is 6.34. The van der Waals surface area contributed by atoms with Gasteiger partial charge in [0.15, 0.2) is 0 Å². The van der Waals surface area contributed by atoms with Crippen molar-refractivity contribution < 1.29 is 17.5 Å². The minimum Gasteiger partial charge on any atom is -0.383 e. The van der Waals surface area contributed by atoms with Gasteiger partial charge in [-0.3, -0.25) is 0 Å². The van der Waals surface area contributed by atoms with Crippen molar-refractivity contribution >= 4 is 33.2 Å². The van der Waals surface area contributed by atoms with Gasteiger partial charge in [-0.25, -0.2) is 12.8 Å². The Hall–Kier alpha value is -0.400. The first kappa shape index (κ1) is 18.6. The van der Waals surface area contributed by atoms with Crippen LogP contribution < -0.4 is 0 Å². The first-order valence-corrected chi connectivity index (χ1v) is 8.69. The second-order valence-corrected chi connectivity index (χ2v) is 7.09. The smallest absolute Gasteiger partial charge is 0.246 e. The SMILES string of the molecule is CCN(C(C)COC)S(=O)(=O)c1cc(Cl)cc(CCl)c1F. The van der Waals surface area contributed by atoms with Gasteiger partial charge in [0.05, 0.1) is 12.5 Å². The number of ether oxygens (including phenoxy) is 1. The van der Waals surface area contributed by atoms with E-state index in [4.69, 9.17) is 27.9 Å². The topological polar surface area (TPSA) is 46.6 Å². The van der Waals surface area contributed by atoms with E-state index in [1.165, 1.54) is 17.5 Å². The lowest BCUT2D eigenvalue weighted by Crippen LogP contribution is -2.41. The fourth-order valence-electron chi connectivity index (χ4n) is 2.07. The highest BCUT2D eigenvalue weighted by Crippen LogP contribution is 2.28. The Morgan fingerprint density at radius 2 is 2.05 bits per heavy atom. The Morgan fingerprint density at radius 1 is 1.43 bits per heavy atom. The van der Waals surface area contributed by atoms with Gasteiger partial charge < -0.3 is 4.74 Å². The highest BCUT2D eigenvalue weighted by molar-refractivity contribution is 7.89. The molecule has 0 saturated heterocycles. The van der Waals surface area contributed by atoms with Crippen LogP contribution in [0.3, 0.4) is 0 Å². The summed E-state index contributed by atoms with van der Waals surface area (Å²) in [5, 5.41) is 0.126. The Bertz CT molecular complexity index is 595. The second kappa shape index (κ2) is 7.74. The molecule has 1 aromatic rings. The summed E-state index contributed by atoms with van der Waals surface area (Å²) in [6.45, 7) is 3.76. The molecule has 8 heteroatoms. The molecule has 0 aliphatic heterocycles. The van der Waals surface area contributed by atoms with Crippen LogP contribution in [0, 0.1) is 5.82 Å². The maximum Gasteiger partial charge on any atom is 0.246 e. The van der Waals surface area contributed by atoms with Crippen LogP contribution in [0.2, 0.25) is 5.02 Å². The summed E-state index contributed by atoms with van der Waals surface area (Å²) in [6, 6.07) is 1.99. The van der Waals surface area contributed by atoms with Crippen LogP contribution in [0.5, 0.6) is 0 Å². The van der Waals surface area contributed by atoms with Crippen LogP contribution in [-0.4, -0.2) is 39.0 Å². The Labute approximate surface area is 134 Å². The lowest BCUT2D eigenvalue weighted by Gasteiger charge is -2.27. The minimum absolute atomic E-state index is 0.0539. The Morgan fingerprint density at radius 3 is 2.52 bits per heavy atom. The van der Waals surface area contributed by atoms with Gasteiger partial charge in [-0.15, -0.1) is 11.6 Å². The van der Waals surface area contributed by atoms with E-state index in [1.54, 1.807) is 13.8 Å². The summed E-state index contributed by atoms with van der Waals surface area (Å²) in [6.07, 6.45) is 0. The number of nitrogens with zero attached hydrogens (tertiary/aromatic N) is 1.